The molecule has 1 rings (SSSR count). The average molecular weight is 303 g/mol. The normalized spacial score (nSPS) is 13.9. The van der Waals surface area contributed by atoms with E-state index in [1.165, 1.54) is 11.9 Å². The molecule has 1 aromatic carbocycles. The molecule has 0 bridgehead atoms. The molecule has 0 heterocycles. The molecular weight excluding hydrogens is 287 g/mol. The zero-order valence-electron chi connectivity index (χ0n) is 11.6. The van der Waals surface area contributed by atoms with E-state index >= 15 is 0 Å². The summed E-state index contributed by atoms with van der Waals surface area (Å²) in [6.07, 6.45) is -4.29. The summed E-state index contributed by atoms with van der Waals surface area (Å²) in [5.41, 5.74) is 4.68. The van der Waals surface area contributed by atoms with E-state index in [0.717, 1.165) is 24.3 Å². The standard InChI is InChI=1S/C13H16F3N3O2/c1-8(7-11(17)18-21)19(2)12(20)9-3-5-10(6-4-9)13(14,15)16/h3-6,8,21H,7H2,1-2H3,(H2,17,18). The first-order chi connectivity index (χ1) is 9.66. The Kier molecular flexibility index (Phi) is 5.17. The highest BCUT2D eigenvalue weighted by Crippen LogP contribution is 2.29. The number of rotatable bonds is 4. The number of oxime groups is 1. The Morgan fingerprint density at radius 1 is 1.38 bits per heavy atom. The molecular formula is C13H16F3N3O2. The summed E-state index contributed by atoms with van der Waals surface area (Å²) in [6, 6.07) is 3.59. The van der Waals surface area contributed by atoms with Gasteiger partial charge < -0.3 is 15.8 Å². The van der Waals surface area contributed by atoms with Gasteiger partial charge in [-0.2, -0.15) is 13.2 Å². The lowest BCUT2D eigenvalue weighted by atomic mass is 10.1. The van der Waals surface area contributed by atoms with Gasteiger partial charge in [0.05, 0.1) is 5.56 Å². The molecule has 8 heteroatoms. The van der Waals surface area contributed by atoms with Gasteiger partial charge in [-0.3, -0.25) is 4.79 Å². The van der Waals surface area contributed by atoms with E-state index in [1.807, 2.05) is 0 Å². The van der Waals surface area contributed by atoms with Crippen LogP contribution in [-0.4, -0.2) is 34.9 Å². The van der Waals surface area contributed by atoms with Crippen LogP contribution in [0.1, 0.15) is 29.3 Å². The second kappa shape index (κ2) is 6.47. The zero-order chi connectivity index (χ0) is 16.2. The van der Waals surface area contributed by atoms with Crippen molar-refractivity contribution in [2.24, 2.45) is 10.9 Å². The van der Waals surface area contributed by atoms with E-state index in [1.54, 1.807) is 6.92 Å². The maximum absolute atomic E-state index is 12.4. The molecule has 1 atom stereocenters. The van der Waals surface area contributed by atoms with Crippen molar-refractivity contribution >= 4 is 11.7 Å². The number of hydrogen-bond acceptors (Lipinski definition) is 3. The van der Waals surface area contributed by atoms with E-state index in [0.29, 0.717) is 0 Å². The first kappa shape index (κ1) is 16.8. The predicted octanol–water partition coefficient (Wildman–Crippen LogP) is 2.30. The summed E-state index contributed by atoms with van der Waals surface area (Å²) >= 11 is 0. The smallest absolute Gasteiger partial charge is 0.409 e. The molecule has 0 aliphatic heterocycles. The fourth-order valence-electron chi connectivity index (χ4n) is 1.69. The molecule has 5 nitrogen and oxygen atoms in total. The van der Waals surface area contributed by atoms with Crippen molar-refractivity contribution in [3.8, 4) is 0 Å². The van der Waals surface area contributed by atoms with Crippen molar-refractivity contribution in [1.82, 2.24) is 4.90 Å². The van der Waals surface area contributed by atoms with Gasteiger partial charge in [0.1, 0.15) is 5.84 Å². The molecule has 0 saturated carbocycles. The van der Waals surface area contributed by atoms with Crippen LogP contribution in [0, 0.1) is 0 Å². The van der Waals surface area contributed by atoms with E-state index in [2.05, 4.69) is 5.16 Å². The zero-order valence-corrected chi connectivity index (χ0v) is 11.6. The monoisotopic (exact) mass is 303 g/mol. The molecule has 1 aromatic rings. The third kappa shape index (κ3) is 4.37. The number of carbonyl (C=O) groups excluding carboxylic acids is 1. The Labute approximate surface area is 119 Å². The van der Waals surface area contributed by atoms with Gasteiger partial charge in [-0.15, -0.1) is 0 Å². The lowest BCUT2D eigenvalue weighted by Crippen LogP contribution is -2.37. The Balaban J connectivity index is 2.83. The van der Waals surface area contributed by atoms with Gasteiger partial charge in [0.25, 0.3) is 5.91 Å². The molecule has 0 spiro atoms. The number of alkyl halides is 3. The van der Waals surface area contributed by atoms with Crippen molar-refractivity contribution in [2.45, 2.75) is 25.6 Å². The second-order valence-corrected chi connectivity index (χ2v) is 4.64. The van der Waals surface area contributed by atoms with Crippen LogP contribution < -0.4 is 5.73 Å². The van der Waals surface area contributed by atoms with Crippen molar-refractivity contribution < 1.29 is 23.2 Å². The fourth-order valence-corrected chi connectivity index (χ4v) is 1.69. The quantitative estimate of drug-likeness (QED) is 0.388. The number of carbonyl (C=O) groups is 1. The van der Waals surface area contributed by atoms with Crippen LogP contribution in [0.2, 0.25) is 0 Å². The highest BCUT2D eigenvalue weighted by atomic mass is 19.4. The van der Waals surface area contributed by atoms with E-state index < -0.39 is 17.6 Å². The number of halogens is 3. The van der Waals surface area contributed by atoms with Crippen molar-refractivity contribution in [2.75, 3.05) is 7.05 Å². The molecule has 0 aromatic heterocycles. The Morgan fingerprint density at radius 2 is 1.90 bits per heavy atom. The van der Waals surface area contributed by atoms with E-state index in [9.17, 15) is 18.0 Å². The molecule has 0 aliphatic carbocycles. The Hall–Kier alpha value is -2.25. The third-order valence-electron chi connectivity index (χ3n) is 3.07. The van der Waals surface area contributed by atoms with Gasteiger partial charge >= 0.3 is 6.18 Å². The molecule has 1 amide bonds. The highest BCUT2D eigenvalue weighted by molar-refractivity contribution is 5.94. The van der Waals surface area contributed by atoms with Gasteiger partial charge in [0.2, 0.25) is 0 Å². The van der Waals surface area contributed by atoms with Crippen LogP contribution in [-0.2, 0) is 6.18 Å². The van der Waals surface area contributed by atoms with Gasteiger partial charge in [0.15, 0.2) is 0 Å². The molecule has 21 heavy (non-hydrogen) atoms. The van der Waals surface area contributed by atoms with E-state index in [-0.39, 0.29) is 23.9 Å². The topological polar surface area (TPSA) is 78.9 Å². The lowest BCUT2D eigenvalue weighted by molar-refractivity contribution is -0.137. The maximum atomic E-state index is 12.4. The molecule has 0 aliphatic rings. The summed E-state index contributed by atoms with van der Waals surface area (Å²) in [4.78, 5) is 13.4. The largest absolute Gasteiger partial charge is 0.416 e. The van der Waals surface area contributed by atoms with Crippen molar-refractivity contribution in [1.29, 1.82) is 0 Å². The minimum atomic E-state index is -4.44. The number of amides is 1. The maximum Gasteiger partial charge on any atom is 0.416 e. The number of hydrogen-bond donors (Lipinski definition) is 2. The summed E-state index contributed by atoms with van der Waals surface area (Å²) in [5.74, 6) is -0.475. The summed E-state index contributed by atoms with van der Waals surface area (Å²) in [7, 11) is 1.50. The first-order valence-corrected chi connectivity index (χ1v) is 6.07. The van der Waals surface area contributed by atoms with Crippen LogP contribution in [0.15, 0.2) is 29.4 Å². The minimum absolute atomic E-state index is 0.0328. The van der Waals surface area contributed by atoms with Crippen LogP contribution in [0.25, 0.3) is 0 Å². The molecule has 116 valence electrons. The molecule has 0 radical (unpaired) electrons. The van der Waals surface area contributed by atoms with Crippen molar-refractivity contribution in [3.05, 3.63) is 35.4 Å². The lowest BCUT2D eigenvalue weighted by Gasteiger charge is -2.24. The van der Waals surface area contributed by atoms with Gasteiger partial charge in [0, 0.05) is 25.1 Å². The predicted molar refractivity (Wildman–Crippen MR) is 71.0 cm³/mol. The van der Waals surface area contributed by atoms with E-state index in [4.69, 9.17) is 10.9 Å². The first-order valence-electron chi connectivity index (χ1n) is 6.07. The Morgan fingerprint density at radius 3 is 2.33 bits per heavy atom. The molecule has 1 unspecified atom stereocenters. The summed E-state index contributed by atoms with van der Waals surface area (Å²) < 4.78 is 37.3. The number of amidine groups is 1. The SMILES string of the molecule is CC(CC(N)=NO)N(C)C(=O)c1ccc(C(F)(F)F)cc1. The number of benzene rings is 1. The molecule has 0 fully saturated rings. The van der Waals surface area contributed by atoms with Crippen LogP contribution in [0.3, 0.4) is 0 Å². The highest BCUT2D eigenvalue weighted by Gasteiger charge is 2.30. The van der Waals surface area contributed by atoms with Gasteiger partial charge in [-0.1, -0.05) is 5.16 Å². The summed E-state index contributed by atoms with van der Waals surface area (Å²) in [6.45, 7) is 1.68. The second-order valence-electron chi connectivity index (χ2n) is 4.64. The number of nitrogens with two attached hydrogens (primary N) is 1. The van der Waals surface area contributed by atoms with Crippen LogP contribution in [0.4, 0.5) is 13.2 Å². The summed E-state index contributed by atoms with van der Waals surface area (Å²) in [5, 5.41) is 11.3. The fraction of sp³-hybridized carbons (Fsp3) is 0.385. The molecule has 3 N–H and O–H groups in total. The minimum Gasteiger partial charge on any atom is -0.409 e. The van der Waals surface area contributed by atoms with Crippen LogP contribution >= 0.6 is 0 Å². The average Bonchev–Trinajstić information content (AvgIpc) is 2.44. The van der Waals surface area contributed by atoms with Crippen LogP contribution in [0.5, 0.6) is 0 Å². The van der Waals surface area contributed by atoms with Crippen molar-refractivity contribution in [3.63, 3.8) is 0 Å². The Bertz CT molecular complexity index is 526. The third-order valence-corrected chi connectivity index (χ3v) is 3.07. The number of nitrogens with zero attached hydrogens (tertiary/aromatic N) is 2. The van der Waals surface area contributed by atoms with Gasteiger partial charge in [-0.05, 0) is 31.2 Å². The van der Waals surface area contributed by atoms with Gasteiger partial charge in [-0.25, -0.2) is 0 Å². The molecule has 0 saturated heterocycles.